The highest BCUT2D eigenvalue weighted by Crippen LogP contribution is 2.25. The summed E-state index contributed by atoms with van der Waals surface area (Å²) in [6.07, 6.45) is 11.1. The second-order valence-electron chi connectivity index (χ2n) is 6.68. The van der Waals surface area contributed by atoms with Crippen molar-refractivity contribution in [3.63, 3.8) is 0 Å². The van der Waals surface area contributed by atoms with Crippen LogP contribution in [0.3, 0.4) is 0 Å². The summed E-state index contributed by atoms with van der Waals surface area (Å²) in [5.74, 6) is -0.299. The number of nitrogens with zero attached hydrogens (tertiary/aromatic N) is 1. The molecule has 0 amide bonds. The van der Waals surface area contributed by atoms with Gasteiger partial charge in [-0.05, 0) is 62.4 Å². The topological polar surface area (TPSA) is 34.0 Å². The standard InChI is InChI=1S/C18H21FN2OS2.C4H7F.C4H8.C2H6/c1-5-17-15(10-13(2)19)11-18(21(17)3)24(22)16-8-6-14(7-9-16)12-20-23-4;1-2-3-4-5;1-3-4-2;1-2/h5-11,20H,1,12H2,2-4H3;2-3H,4H2,1H3;3H,1,4H2,2H3;1-2H3/b13-10+;3-2-;;. The van der Waals surface area contributed by atoms with E-state index in [4.69, 9.17) is 0 Å². The van der Waals surface area contributed by atoms with Crippen molar-refractivity contribution in [1.29, 1.82) is 0 Å². The van der Waals surface area contributed by atoms with Crippen LogP contribution in [0.2, 0.25) is 0 Å². The van der Waals surface area contributed by atoms with Crippen molar-refractivity contribution in [2.45, 2.75) is 57.5 Å². The Bertz CT molecular complexity index is 929. The van der Waals surface area contributed by atoms with Crippen molar-refractivity contribution >= 4 is 34.9 Å². The first-order valence-electron chi connectivity index (χ1n) is 11.5. The van der Waals surface area contributed by atoms with Crippen LogP contribution < -0.4 is 4.72 Å². The number of aromatic nitrogens is 1. The maximum atomic E-state index is 13.2. The van der Waals surface area contributed by atoms with Gasteiger partial charge in [-0.3, -0.25) is 4.72 Å². The SMILES string of the molecule is C/C=C\CF.C=CCC.C=Cc1c(/C=C(\C)F)cc(S(=O)c2ccc(CNSC)cc2)n1C.CC. The molecule has 1 aromatic carbocycles. The van der Waals surface area contributed by atoms with Crippen LogP contribution in [0.25, 0.3) is 12.2 Å². The van der Waals surface area contributed by atoms with Gasteiger partial charge in [0.15, 0.2) is 0 Å². The van der Waals surface area contributed by atoms with Crippen LogP contribution in [0.1, 0.15) is 57.9 Å². The lowest BCUT2D eigenvalue weighted by Crippen LogP contribution is -2.04. The number of hydrogen-bond acceptors (Lipinski definition) is 3. The van der Waals surface area contributed by atoms with Crippen LogP contribution in [-0.4, -0.2) is 21.7 Å². The number of nitrogens with one attached hydrogen (secondary N) is 1. The third-order valence-corrected chi connectivity index (χ3v) is 6.08. The Labute approximate surface area is 218 Å². The molecule has 1 unspecified atom stereocenters. The van der Waals surface area contributed by atoms with E-state index in [2.05, 4.69) is 24.8 Å². The smallest absolute Gasteiger partial charge is 0.112 e. The quantitative estimate of drug-likeness (QED) is 0.263. The summed E-state index contributed by atoms with van der Waals surface area (Å²) in [7, 11) is 0.471. The zero-order valence-corrected chi connectivity index (χ0v) is 23.9. The molecule has 0 saturated carbocycles. The molecule has 3 nitrogen and oxygen atoms in total. The van der Waals surface area contributed by atoms with Crippen molar-refractivity contribution in [2.75, 3.05) is 12.9 Å². The maximum Gasteiger partial charge on any atom is 0.112 e. The Morgan fingerprint density at radius 2 is 1.80 bits per heavy atom. The Morgan fingerprint density at radius 1 is 1.23 bits per heavy atom. The van der Waals surface area contributed by atoms with E-state index in [0.717, 1.165) is 24.2 Å². The van der Waals surface area contributed by atoms with E-state index in [9.17, 15) is 13.0 Å². The molecule has 1 aromatic heterocycles. The molecule has 1 atom stereocenters. The van der Waals surface area contributed by atoms with Gasteiger partial charge in [-0.1, -0.05) is 69.7 Å². The van der Waals surface area contributed by atoms with Crippen molar-refractivity contribution in [2.24, 2.45) is 7.05 Å². The summed E-state index contributed by atoms with van der Waals surface area (Å²) in [5, 5.41) is 0.618. The molecule has 35 heavy (non-hydrogen) atoms. The van der Waals surface area contributed by atoms with Crippen LogP contribution in [0.15, 0.2) is 77.5 Å². The molecule has 2 aromatic rings. The van der Waals surface area contributed by atoms with Crippen LogP contribution in [0.4, 0.5) is 8.78 Å². The summed E-state index contributed by atoms with van der Waals surface area (Å²) >= 11 is 1.56. The van der Waals surface area contributed by atoms with E-state index < -0.39 is 10.8 Å². The van der Waals surface area contributed by atoms with Gasteiger partial charge in [0.1, 0.15) is 22.5 Å². The van der Waals surface area contributed by atoms with Gasteiger partial charge in [-0.15, -0.1) is 6.58 Å². The highest BCUT2D eigenvalue weighted by molar-refractivity contribution is 7.96. The third-order valence-electron chi connectivity index (χ3n) is 4.18. The van der Waals surface area contributed by atoms with Gasteiger partial charge >= 0.3 is 0 Å². The Morgan fingerprint density at radius 3 is 2.17 bits per heavy atom. The number of halogens is 2. The molecule has 7 heteroatoms. The van der Waals surface area contributed by atoms with E-state index in [0.29, 0.717) is 15.5 Å². The average Bonchev–Trinajstić information content (AvgIpc) is 3.18. The van der Waals surface area contributed by atoms with Crippen LogP contribution in [0.5, 0.6) is 0 Å². The molecule has 0 aliphatic rings. The third kappa shape index (κ3) is 14.1. The molecular formula is C28H42F2N2OS2. The van der Waals surface area contributed by atoms with Gasteiger partial charge in [0.25, 0.3) is 0 Å². The second kappa shape index (κ2) is 22.3. The molecule has 0 aliphatic carbocycles. The minimum atomic E-state index is -1.34. The van der Waals surface area contributed by atoms with Crippen molar-refractivity contribution in [3.8, 4) is 0 Å². The summed E-state index contributed by atoms with van der Waals surface area (Å²) < 4.78 is 42.0. The molecule has 1 heterocycles. The fraction of sp³-hybridized carbons (Fsp3) is 0.357. The normalized spacial score (nSPS) is 11.3. The van der Waals surface area contributed by atoms with E-state index in [-0.39, 0.29) is 12.5 Å². The van der Waals surface area contributed by atoms with E-state index >= 15 is 0 Å². The van der Waals surface area contributed by atoms with Gasteiger partial charge in [-0.25, -0.2) is 13.0 Å². The fourth-order valence-electron chi connectivity index (χ4n) is 2.47. The monoisotopic (exact) mass is 524 g/mol. The first-order valence-corrected chi connectivity index (χ1v) is 13.9. The molecule has 1 N–H and O–H groups in total. The molecule has 0 fully saturated rings. The van der Waals surface area contributed by atoms with Crippen molar-refractivity contribution in [1.82, 2.24) is 9.29 Å². The molecule has 0 radical (unpaired) electrons. The van der Waals surface area contributed by atoms with E-state index in [1.165, 1.54) is 19.1 Å². The number of rotatable bonds is 9. The minimum absolute atomic E-state index is 0.299. The Balaban J connectivity index is 0. The molecule has 0 bridgehead atoms. The van der Waals surface area contributed by atoms with Gasteiger partial charge in [0.2, 0.25) is 0 Å². The van der Waals surface area contributed by atoms with Gasteiger partial charge < -0.3 is 4.57 Å². The zero-order valence-electron chi connectivity index (χ0n) is 22.2. The molecule has 196 valence electrons. The summed E-state index contributed by atoms with van der Waals surface area (Å²) in [6.45, 7) is 16.9. The van der Waals surface area contributed by atoms with E-state index in [1.807, 2.05) is 57.5 Å². The van der Waals surface area contributed by atoms with Gasteiger partial charge in [0.05, 0.1) is 5.83 Å². The second-order valence-corrected chi connectivity index (χ2v) is 8.80. The predicted octanol–water partition coefficient (Wildman–Crippen LogP) is 8.67. The van der Waals surface area contributed by atoms with Gasteiger partial charge in [-0.2, -0.15) is 0 Å². The fourth-order valence-corrected chi connectivity index (χ4v) is 3.99. The number of benzene rings is 1. The highest BCUT2D eigenvalue weighted by atomic mass is 32.2. The number of hydrogen-bond donors (Lipinski definition) is 1. The minimum Gasteiger partial charge on any atom is -0.337 e. The number of allylic oxidation sites excluding steroid dienone is 4. The Kier molecular flexibility index (Phi) is 22.2. The summed E-state index contributed by atoms with van der Waals surface area (Å²) in [4.78, 5) is 0.714. The molecule has 0 saturated heterocycles. The first kappa shape index (κ1) is 34.9. The largest absolute Gasteiger partial charge is 0.337 e. The van der Waals surface area contributed by atoms with Gasteiger partial charge in [0, 0.05) is 29.7 Å². The van der Waals surface area contributed by atoms with Crippen molar-refractivity contribution < 1.29 is 13.0 Å². The molecule has 0 spiro atoms. The van der Waals surface area contributed by atoms with E-state index in [1.54, 1.807) is 41.7 Å². The Hall–Kier alpha value is -2.22. The molecule has 2 rings (SSSR count). The van der Waals surface area contributed by atoms with Crippen LogP contribution in [-0.2, 0) is 24.4 Å². The number of alkyl halides is 1. The van der Waals surface area contributed by atoms with Crippen LogP contribution >= 0.6 is 11.9 Å². The molecule has 0 aliphatic heterocycles. The lowest BCUT2D eigenvalue weighted by molar-refractivity contribution is 0.561. The lowest BCUT2D eigenvalue weighted by atomic mass is 10.2. The molecular weight excluding hydrogens is 482 g/mol. The average molecular weight is 525 g/mol. The first-order chi connectivity index (χ1) is 16.8. The zero-order chi connectivity index (χ0) is 27.2. The predicted molar refractivity (Wildman–Crippen MR) is 154 cm³/mol. The lowest BCUT2D eigenvalue weighted by Gasteiger charge is -2.07. The van der Waals surface area contributed by atoms with Crippen molar-refractivity contribution in [3.05, 3.63) is 84.4 Å². The summed E-state index contributed by atoms with van der Waals surface area (Å²) in [5.41, 5.74) is 2.55. The highest BCUT2D eigenvalue weighted by Gasteiger charge is 2.16. The van der Waals surface area contributed by atoms with Crippen LogP contribution in [0, 0.1) is 0 Å². The summed E-state index contributed by atoms with van der Waals surface area (Å²) in [6, 6.07) is 9.40. The maximum absolute atomic E-state index is 13.2.